The molecule has 0 aliphatic heterocycles. The summed E-state index contributed by atoms with van der Waals surface area (Å²) in [5, 5.41) is 9.08. The SMILES string of the molecule is CNS(=O)(=O)c1ccc(S(=O)(=O)NC(C(=O)O)C(C)C)cc1C. The van der Waals surface area contributed by atoms with Gasteiger partial charge in [-0.05, 0) is 43.7 Å². The lowest BCUT2D eigenvalue weighted by atomic mass is 10.1. The number of carboxylic acid groups (broad SMARTS) is 1. The van der Waals surface area contributed by atoms with Gasteiger partial charge in [0.1, 0.15) is 6.04 Å². The highest BCUT2D eigenvalue weighted by atomic mass is 32.2. The summed E-state index contributed by atoms with van der Waals surface area (Å²) in [6.45, 7) is 4.62. The first-order valence-corrected chi connectivity index (χ1v) is 9.68. The highest BCUT2D eigenvalue weighted by molar-refractivity contribution is 7.90. The smallest absolute Gasteiger partial charge is 0.322 e. The molecule has 0 spiro atoms. The van der Waals surface area contributed by atoms with Crippen molar-refractivity contribution in [2.45, 2.75) is 36.6 Å². The van der Waals surface area contributed by atoms with Gasteiger partial charge < -0.3 is 5.11 Å². The van der Waals surface area contributed by atoms with Crippen molar-refractivity contribution in [2.24, 2.45) is 5.92 Å². The fourth-order valence-electron chi connectivity index (χ4n) is 1.91. The zero-order valence-corrected chi connectivity index (χ0v) is 14.8. The van der Waals surface area contributed by atoms with E-state index in [1.807, 2.05) is 0 Å². The highest BCUT2D eigenvalue weighted by Gasteiger charge is 2.28. The quantitative estimate of drug-likeness (QED) is 0.638. The molecule has 1 aromatic rings. The van der Waals surface area contributed by atoms with Crippen molar-refractivity contribution in [1.29, 1.82) is 0 Å². The number of carbonyl (C=O) groups is 1. The summed E-state index contributed by atoms with van der Waals surface area (Å²) in [6, 6.07) is 2.20. The lowest BCUT2D eigenvalue weighted by molar-refractivity contribution is -0.140. The molecule has 0 aliphatic carbocycles. The Hall–Kier alpha value is -1.49. The van der Waals surface area contributed by atoms with Crippen LogP contribution in [-0.4, -0.2) is 41.0 Å². The molecule has 1 atom stereocenters. The number of nitrogens with one attached hydrogen (secondary N) is 2. The van der Waals surface area contributed by atoms with E-state index in [4.69, 9.17) is 5.11 Å². The summed E-state index contributed by atoms with van der Waals surface area (Å²) >= 11 is 0. The summed E-state index contributed by atoms with van der Waals surface area (Å²) in [5.41, 5.74) is 0.235. The summed E-state index contributed by atoms with van der Waals surface area (Å²) in [7, 11) is -6.54. The fourth-order valence-corrected chi connectivity index (χ4v) is 4.28. The van der Waals surface area contributed by atoms with E-state index in [1.165, 1.54) is 26.1 Å². The summed E-state index contributed by atoms with van der Waals surface area (Å²) in [6.07, 6.45) is 0. The maximum Gasteiger partial charge on any atom is 0.322 e. The minimum Gasteiger partial charge on any atom is -0.480 e. The number of sulfonamides is 2. The number of hydrogen-bond donors (Lipinski definition) is 3. The van der Waals surface area contributed by atoms with Crippen LogP contribution in [-0.2, 0) is 24.8 Å². The maximum absolute atomic E-state index is 12.3. The highest BCUT2D eigenvalue weighted by Crippen LogP contribution is 2.20. The Morgan fingerprint density at radius 3 is 2.09 bits per heavy atom. The van der Waals surface area contributed by atoms with Crippen molar-refractivity contribution in [3.63, 3.8) is 0 Å². The molecular formula is C13H20N2O6S2. The largest absolute Gasteiger partial charge is 0.480 e. The van der Waals surface area contributed by atoms with Crippen molar-refractivity contribution in [1.82, 2.24) is 9.44 Å². The minimum atomic E-state index is -4.09. The zero-order valence-electron chi connectivity index (χ0n) is 13.2. The predicted molar refractivity (Wildman–Crippen MR) is 84.0 cm³/mol. The molecule has 1 unspecified atom stereocenters. The number of aryl methyl sites for hydroxylation is 1. The van der Waals surface area contributed by atoms with E-state index < -0.39 is 38.0 Å². The van der Waals surface area contributed by atoms with Crippen LogP contribution >= 0.6 is 0 Å². The fraction of sp³-hybridized carbons (Fsp3) is 0.462. The third-order valence-electron chi connectivity index (χ3n) is 3.23. The van der Waals surface area contributed by atoms with Crippen molar-refractivity contribution in [3.05, 3.63) is 23.8 Å². The molecule has 0 heterocycles. The van der Waals surface area contributed by atoms with Gasteiger partial charge in [-0.1, -0.05) is 13.8 Å². The van der Waals surface area contributed by atoms with Gasteiger partial charge in [0.25, 0.3) is 0 Å². The standard InChI is InChI=1S/C13H20N2O6S2/c1-8(2)12(13(16)17)15-22(18,19)10-5-6-11(9(3)7-10)23(20,21)14-4/h5-8,12,14-15H,1-4H3,(H,16,17). The molecule has 0 aliphatic rings. The Balaban J connectivity index is 3.26. The van der Waals surface area contributed by atoms with Gasteiger partial charge in [-0.2, -0.15) is 4.72 Å². The normalized spacial score (nSPS) is 14.0. The van der Waals surface area contributed by atoms with Crippen LogP contribution in [0.2, 0.25) is 0 Å². The molecular weight excluding hydrogens is 344 g/mol. The van der Waals surface area contributed by atoms with E-state index in [0.29, 0.717) is 0 Å². The summed E-state index contributed by atoms with van der Waals surface area (Å²) in [5.74, 6) is -1.73. The predicted octanol–water partition coefficient (Wildman–Crippen LogP) is 0.291. The Morgan fingerprint density at radius 1 is 1.13 bits per heavy atom. The Kier molecular flexibility index (Phi) is 5.91. The number of carboxylic acids is 1. The van der Waals surface area contributed by atoms with Gasteiger partial charge in [-0.3, -0.25) is 4.79 Å². The first-order valence-electron chi connectivity index (χ1n) is 6.71. The summed E-state index contributed by atoms with van der Waals surface area (Å²) < 4.78 is 52.4. The van der Waals surface area contributed by atoms with Crippen molar-refractivity contribution >= 4 is 26.0 Å². The van der Waals surface area contributed by atoms with Crippen molar-refractivity contribution in [2.75, 3.05) is 7.05 Å². The average Bonchev–Trinajstić information content (AvgIpc) is 2.43. The third kappa shape index (κ3) is 4.50. The average molecular weight is 364 g/mol. The number of benzene rings is 1. The molecule has 130 valence electrons. The van der Waals surface area contributed by atoms with Gasteiger partial charge in [0.05, 0.1) is 9.79 Å². The van der Waals surface area contributed by atoms with Gasteiger partial charge >= 0.3 is 5.97 Å². The summed E-state index contributed by atoms with van der Waals surface area (Å²) in [4.78, 5) is 10.9. The Morgan fingerprint density at radius 2 is 1.70 bits per heavy atom. The lowest BCUT2D eigenvalue weighted by Crippen LogP contribution is -2.44. The van der Waals surface area contributed by atoms with E-state index in [-0.39, 0.29) is 15.4 Å². The van der Waals surface area contributed by atoms with Crippen LogP contribution in [0.4, 0.5) is 0 Å². The molecule has 3 N–H and O–H groups in total. The number of aliphatic carboxylic acids is 1. The number of hydrogen-bond acceptors (Lipinski definition) is 5. The van der Waals surface area contributed by atoms with Crippen LogP contribution in [0.5, 0.6) is 0 Å². The second-order valence-corrected chi connectivity index (χ2v) is 8.89. The lowest BCUT2D eigenvalue weighted by Gasteiger charge is -2.18. The molecule has 0 radical (unpaired) electrons. The molecule has 8 nitrogen and oxygen atoms in total. The molecule has 0 bridgehead atoms. The first-order chi connectivity index (χ1) is 10.4. The van der Waals surface area contributed by atoms with E-state index in [2.05, 4.69) is 9.44 Å². The van der Waals surface area contributed by atoms with E-state index in [0.717, 1.165) is 6.07 Å². The van der Waals surface area contributed by atoms with Crippen LogP contribution in [0.25, 0.3) is 0 Å². The van der Waals surface area contributed by atoms with Crippen LogP contribution in [0.3, 0.4) is 0 Å². The van der Waals surface area contributed by atoms with Gasteiger partial charge in [0, 0.05) is 0 Å². The monoisotopic (exact) mass is 364 g/mol. The van der Waals surface area contributed by atoms with Gasteiger partial charge in [0.2, 0.25) is 20.0 Å². The molecule has 10 heteroatoms. The van der Waals surface area contributed by atoms with Crippen LogP contribution < -0.4 is 9.44 Å². The topological polar surface area (TPSA) is 130 Å². The van der Waals surface area contributed by atoms with Gasteiger partial charge in [-0.25, -0.2) is 21.6 Å². The molecule has 1 rings (SSSR count). The second-order valence-electron chi connectivity index (χ2n) is 5.32. The van der Waals surface area contributed by atoms with E-state index in [9.17, 15) is 21.6 Å². The molecule has 0 fully saturated rings. The minimum absolute atomic E-state index is 0.0439. The van der Waals surface area contributed by atoms with Crippen LogP contribution in [0.15, 0.2) is 28.0 Å². The Labute approximate surface area is 136 Å². The van der Waals surface area contributed by atoms with Gasteiger partial charge in [0.15, 0.2) is 0 Å². The molecule has 0 amide bonds. The maximum atomic E-state index is 12.3. The van der Waals surface area contributed by atoms with E-state index >= 15 is 0 Å². The molecule has 23 heavy (non-hydrogen) atoms. The van der Waals surface area contributed by atoms with Crippen LogP contribution in [0.1, 0.15) is 19.4 Å². The van der Waals surface area contributed by atoms with E-state index in [1.54, 1.807) is 13.8 Å². The molecule has 0 saturated heterocycles. The number of rotatable bonds is 7. The molecule has 1 aromatic carbocycles. The molecule has 0 saturated carbocycles. The van der Waals surface area contributed by atoms with Crippen LogP contribution in [0, 0.1) is 12.8 Å². The van der Waals surface area contributed by atoms with Gasteiger partial charge in [-0.15, -0.1) is 0 Å². The molecule has 0 aromatic heterocycles. The first kappa shape index (κ1) is 19.6. The van der Waals surface area contributed by atoms with Crippen molar-refractivity contribution < 1.29 is 26.7 Å². The third-order valence-corrected chi connectivity index (χ3v) is 6.24. The zero-order chi connectivity index (χ0) is 18.0. The Bertz CT molecular complexity index is 800. The second kappa shape index (κ2) is 6.95. The van der Waals surface area contributed by atoms with Crippen molar-refractivity contribution in [3.8, 4) is 0 Å².